The number of hydrogen-bond donors (Lipinski definition) is 1. The minimum absolute atomic E-state index is 0.127. The van der Waals surface area contributed by atoms with Crippen molar-refractivity contribution in [2.24, 2.45) is 0 Å². The van der Waals surface area contributed by atoms with Gasteiger partial charge in [-0.3, -0.25) is 0 Å². The van der Waals surface area contributed by atoms with Crippen LogP contribution in [0.3, 0.4) is 0 Å². The molecule has 0 amide bonds. The Bertz CT molecular complexity index is 468. The van der Waals surface area contributed by atoms with Gasteiger partial charge in [0.15, 0.2) is 0 Å². The smallest absolute Gasteiger partial charge is 0.128 e. The Hall–Kier alpha value is -1.87. The maximum Gasteiger partial charge on any atom is 0.128 e. The first kappa shape index (κ1) is 12.6. The zero-order valence-corrected chi connectivity index (χ0v) is 10.6. The normalized spacial score (nSPS) is 10.3. The maximum atomic E-state index is 9.16. The number of aliphatic hydroxyl groups excluding tert-OH is 1. The number of hydrogen-bond acceptors (Lipinski definition) is 3. The second-order valence-corrected chi connectivity index (χ2v) is 4.32. The maximum absolute atomic E-state index is 9.16. The number of aryl methyl sites for hydroxylation is 1. The lowest BCUT2D eigenvalue weighted by atomic mass is 10.2. The molecular formula is C15H18N2O. The Morgan fingerprint density at radius 3 is 2.50 bits per heavy atom. The van der Waals surface area contributed by atoms with Crippen molar-refractivity contribution < 1.29 is 5.11 Å². The molecule has 1 heterocycles. The number of rotatable bonds is 5. The first-order valence-corrected chi connectivity index (χ1v) is 6.12. The topological polar surface area (TPSA) is 36.4 Å². The monoisotopic (exact) mass is 242 g/mol. The van der Waals surface area contributed by atoms with E-state index in [2.05, 4.69) is 22.0 Å². The Kier molecular flexibility index (Phi) is 4.31. The van der Waals surface area contributed by atoms with E-state index in [0.29, 0.717) is 6.54 Å². The zero-order valence-electron chi connectivity index (χ0n) is 10.6. The van der Waals surface area contributed by atoms with E-state index in [9.17, 15) is 0 Å². The van der Waals surface area contributed by atoms with Gasteiger partial charge in [0.1, 0.15) is 5.82 Å². The van der Waals surface area contributed by atoms with E-state index in [1.54, 1.807) is 0 Å². The standard InChI is InChI=1S/C15H18N2O/c1-13-7-8-15(16-11-13)17(9-10-18)12-14-5-3-2-4-6-14/h2-8,11,18H,9-10,12H2,1H3. The molecule has 1 N–H and O–H groups in total. The Labute approximate surface area is 108 Å². The van der Waals surface area contributed by atoms with Gasteiger partial charge in [0.05, 0.1) is 6.61 Å². The van der Waals surface area contributed by atoms with Crippen LogP contribution in [0.1, 0.15) is 11.1 Å². The number of aliphatic hydroxyl groups is 1. The largest absolute Gasteiger partial charge is 0.395 e. The number of nitrogens with zero attached hydrogens (tertiary/aromatic N) is 2. The van der Waals surface area contributed by atoms with Crippen LogP contribution in [0.2, 0.25) is 0 Å². The minimum Gasteiger partial charge on any atom is -0.395 e. The molecule has 0 bridgehead atoms. The molecule has 0 radical (unpaired) electrons. The first-order chi connectivity index (χ1) is 8.79. The first-order valence-electron chi connectivity index (χ1n) is 6.12. The van der Waals surface area contributed by atoms with Crippen LogP contribution in [0.4, 0.5) is 5.82 Å². The summed E-state index contributed by atoms with van der Waals surface area (Å²) in [5.41, 5.74) is 2.36. The van der Waals surface area contributed by atoms with Crippen LogP contribution >= 0.6 is 0 Å². The fraction of sp³-hybridized carbons (Fsp3) is 0.267. The highest BCUT2D eigenvalue weighted by Gasteiger charge is 2.07. The fourth-order valence-electron chi connectivity index (χ4n) is 1.85. The molecule has 0 aliphatic rings. The Morgan fingerprint density at radius 2 is 1.89 bits per heavy atom. The molecule has 1 aromatic heterocycles. The van der Waals surface area contributed by atoms with Crippen LogP contribution in [0.15, 0.2) is 48.7 Å². The van der Waals surface area contributed by atoms with E-state index in [0.717, 1.165) is 17.9 Å². The number of pyridine rings is 1. The summed E-state index contributed by atoms with van der Waals surface area (Å²) in [4.78, 5) is 6.49. The van der Waals surface area contributed by atoms with Crippen molar-refractivity contribution in [3.8, 4) is 0 Å². The highest BCUT2D eigenvalue weighted by atomic mass is 16.3. The third-order valence-electron chi connectivity index (χ3n) is 2.81. The predicted molar refractivity (Wildman–Crippen MR) is 73.6 cm³/mol. The summed E-state index contributed by atoms with van der Waals surface area (Å²) in [5.74, 6) is 0.901. The van der Waals surface area contributed by atoms with Crippen LogP contribution in [0.5, 0.6) is 0 Å². The fourth-order valence-corrected chi connectivity index (χ4v) is 1.85. The molecule has 0 saturated heterocycles. The number of anilines is 1. The van der Waals surface area contributed by atoms with Crippen molar-refractivity contribution in [3.05, 3.63) is 59.8 Å². The van der Waals surface area contributed by atoms with Crippen molar-refractivity contribution in [1.29, 1.82) is 0 Å². The molecular weight excluding hydrogens is 224 g/mol. The molecule has 18 heavy (non-hydrogen) atoms. The molecule has 0 atom stereocenters. The molecule has 3 nitrogen and oxygen atoms in total. The van der Waals surface area contributed by atoms with Crippen molar-refractivity contribution >= 4 is 5.82 Å². The van der Waals surface area contributed by atoms with E-state index < -0.39 is 0 Å². The van der Waals surface area contributed by atoms with Crippen molar-refractivity contribution in [1.82, 2.24) is 4.98 Å². The lowest BCUT2D eigenvalue weighted by molar-refractivity contribution is 0.301. The molecule has 0 fully saturated rings. The van der Waals surface area contributed by atoms with Gasteiger partial charge in [-0.2, -0.15) is 0 Å². The van der Waals surface area contributed by atoms with E-state index in [1.165, 1.54) is 5.56 Å². The molecule has 2 rings (SSSR count). The predicted octanol–water partition coefficient (Wildman–Crippen LogP) is 2.39. The van der Waals surface area contributed by atoms with Gasteiger partial charge >= 0.3 is 0 Å². The Balaban J connectivity index is 2.15. The average Bonchev–Trinajstić information content (AvgIpc) is 2.40. The summed E-state index contributed by atoms with van der Waals surface area (Å²) in [6.07, 6.45) is 1.85. The van der Waals surface area contributed by atoms with Crippen LogP contribution in [0.25, 0.3) is 0 Å². The minimum atomic E-state index is 0.127. The molecule has 94 valence electrons. The van der Waals surface area contributed by atoms with Crippen LogP contribution in [-0.2, 0) is 6.54 Å². The molecule has 0 spiro atoms. The van der Waals surface area contributed by atoms with Crippen LogP contribution in [-0.4, -0.2) is 23.2 Å². The van der Waals surface area contributed by atoms with Gasteiger partial charge in [0, 0.05) is 19.3 Å². The van der Waals surface area contributed by atoms with Crippen LogP contribution in [0, 0.1) is 6.92 Å². The molecule has 0 aliphatic carbocycles. The highest BCUT2D eigenvalue weighted by Crippen LogP contribution is 2.14. The zero-order chi connectivity index (χ0) is 12.8. The van der Waals surface area contributed by atoms with Gasteiger partial charge in [-0.1, -0.05) is 36.4 Å². The summed E-state index contributed by atoms with van der Waals surface area (Å²) in [5, 5.41) is 9.16. The highest BCUT2D eigenvalue weighted by molar-refractivity contribution is 5.40. The lowest BCUT2D eigenvalue weighted by Gasteiger charge is -2.23. The Morgan fingerprint density at radius 1 is 1.11 bits per heavy atom. The summed E-state index contributed by atoms with van der Waals surface area (Å²) in [7, 11) is 0. The van der Waals surface area contributed by atoms with Gasteiger partial charge in [-0.05, 0) is 24.1 Å². The molecule has 0 unspecified atom stereocenters. The van der Waals surface area contributed by atoms with Gasteiger partial charge < -0.3 is 10.0 Å². The average molecular weight is 242 g/mol. The molecule has 2 aromatic rings. The van der Waals surface area contributed by atoms with E-state index >= 15 is 0 Å². The van der Waals surface area contributed by atoms with E-state index in [1.807, 2.05) is 43.5 Å². The molecule has 0 saturated carbocycles. The summed E-state index contributed by atoms with van der Waals surface area (Å²) in [6.45, 7) is 3.50. The third kappa shape index (κ3) is 3.31. The summed E-state index contributed by atoms with van der Waals surface area (Å²) in [6, 6.07) is 14.2. The molecule has 0 aliphatic heterocycles. The van der Waals surface area contributed by atoms with Crippen molar-refractivity contribution in [2.75, 3.05) is 18.1 Å². The number of benzene rings is 1. The number of aromatic nitrogens is 1. The quantitative estimate of drug-likeness (QED) is 0.874. The summed E-state index contributed by atoms with van der Waals surface area (Å²) < 4.78 is 0. The van der Waals surface area contributed by atoms with Crippen LogP contribution < -0.4 is 4.90 Å². The van der Waals surface area contributed by atoms with Gasteiger partial charge in [-0.25, -0.2) is 4.98 Å². The third-order valence-corrected chi connectivity index (χ3v) is 2.81. The van der Waals surface area contributed by atoms with Crippen molar-refractivity contribution in [3.63, 3.8) is 0 Å². The molecule has 1 aromatic carbocycles. The van der Waals surface area contributed by atoms with Crippen molar-refractivity contribution in [2.45, 2.75) is 13.5 Å². The van der Waals surface area contributed by atoms with Gasteiger partial charge in [0.2, 0.25) is 0 Å². The summed E-state index contributed by atoms with van der Waals surface area (Å²) >= 11 is 0. The van der Waals surface area contributed by atoms with Gasteiger partial charge in [0.25, 0.3) is 0 Å². The van der Waals surface area contributed by atoms with E-state index in [4.69, 9.17) is 5.11 Å². The SMILES string of the molecule is Cc1ccc(N(CCO)Cc2ccccc2)nc1. The second-order valence-electron chi connectivity index (χ2n) is 4.32. The molecule has 3 heteroatoms. The lowest BCUT2D eigenvalue weighted by Crippen LogP contribution is -2.26. The van der Waals surface area contributed by atoms with Gasteiger partial charge in [-0.15, -0.1) is 0 Å². The van der Waals surface area contributed by atoms with E-state index in [-0.39, 0.29) is 6.61 Å². The second kappa shape index (κ2) is 6.17.